The maximum absolute atomic E-state index is 12.0. The smallest absolute Gasteiger partial charge is 0.410 e. The van der Waals surface area contributed by atoms with Gasteiger partial charge < -0.3 is 15.4 Å². The minimum absolute atomic E-state index is 0.197. The number of piperazine rings is 1. The second-order valence-electron chi connectivity index (χ2n) is 6.23. The molecule has 1 amide bonds. The van der Waals surface area contributed by atoms with E-state index in [-0.39, 0.29) is 6.09 Å². The van der Waals surface area contributed by atoms with Crippen molar-refractivity contribution in [2.75, 3.05) is 33.2 Å². The van der Waals surface area contributed by atoms with Gasteiger partial charge in [-0.2, -0.15) is 0 Å². The molecule has 1 aliphatic rings. The molecule has 0 unspecified atom stereocenters. The average Bonchev–Trinajstić information content (AvgIpc) is 2.49. The van der Waals surface area contributed by atoms with Gasteiger partial charge in [0.1, 0.15) is 5.60 Å². The molecule has 0 aromatic heterocycles. The lowest BCUT2D eigenvalue weighted by Crippen LogP contribution is -2.49. The van der Waals surface area contributed by atoms with Crippen molar-refractivity contribution < 1.29 is 9.53 Å². The first-order valence-electron chi connectivity index (χ1n) is 7.76. The Bertz CT molecular complexity index is 435. The first-order chi connectivity index (χ1) is 10.4. The summed E-state index contributed by atoms with van der Waals surface area (Å²) in [7, 11) is 1.50. The quantitative estimate of drug-likeness (QED) is 0.911. The number of hydrogen-bond acceptors (Lipinski definition) is 4. The van der Waals surface area contributed by atoms with Gasteiger partial charge in [0, 0.05) is 32.7 Å². The summed E-state index contributed by atoms with van der Waals surface area (Å²) in [5, 5.41) is 0. The molecule has 0 aliphatic carbocycles. The summed E-state index contributed by atoms with van der Waals surface area (Å²) >= 11 is 0. The van der Waals surface area contributed by atoms with Crippen molar-refractivity contribution in [1.29, 1.82) is 0 Å². The summed E-state index contributed by atoms with van der Waals surface area (Å²) in [5.41, 5.74) is 5.40. The third kappa shape index (κ3) is 6.45. The van der Waals surface area contributed by atoms with E-state index in [9.17, 15) is 4.79 Å². The Morgan fingerprint density at radius 1 is 1.09 bits per heavy atom. The van der Waals surface area contributed by atoms with E-state index >= 15 is 0 Å². The molecule has 1 saturated heterocycles. The van der Waals surface area contributed by atoms with Crippen LogP contribution in [-0.4, -0.2) is 54.7 Å². The molecule has 0 spiro atoms. The van der Waals surface area contributed by atoms with Gasteiger partial charge in [-0.25, -0.2) is 4.79 Å². The third-order valence-corrected chi connectivity index (χ3v) is 3.27. The number of carbonyl (C=O) groups is 1. The van der Waals surface area contributed by atoms with Gasteiger partial charge in [-0.3, -0.25) is 4.90 Å². The molecule has 5 nitrogen and oxygen atoms in total. The summed E-state index contributed by atoms with van der Waals surface area (Å²) in [6, 6.07) is 10.4. The Morgan fingerprint density at radius 3 is 2.14 bits per heavy atom. The molecule has 1 fully saturated rings. The van der Waals surface area contributed by atoms with Gasteiger partial charge in [-0.1, -0.05) is 30.3 Å². The lowest BCUT2D eigenvalue weighted by molar-refractivity contribution is 0.0139. The fourth-order valence-corrected chi connectivity index (χ4v) is 2.26. The zero-order valence-corrected chi connectivity index (χ0v) is 14.2. The molecule has 0 atom stereocenters. The zero-order chi connectivity index (χ0) is 16.6. The number of benzene rings is 1. The molecular formula is C17H29N3O2. The molecule has 0 radical (unpaired) electrons. The van der Waals surface area contributed by atoms with E-state index in [2.05, 4.69) is 34.9 Å². The highest BCUT2D eigenvalue weighted by Gasteiger charge is 2.25. The van der Waals surface area contributed by atoms with Crippen LogP contribution in [0.25, 0.3) is 0 Å². The third-order valence-electron chi connectivity index (χ3n) is 3.27. The average molecular weight is 307 g/mol. The molecule has 2 rings (SSSR count). The number of nitrogens with two attached hydrogens (primary N) is 1. The molecule has 1 aromatic carbocycles. The topological polar surface area (TPSA) is 58.8 Å². The number of rotatable bonds is 2. The predicted octanol–water partition coefficient (Wildman–Crippen LogP) is 2.31. The van der Waals surface area contributed by atoms with E-state index in [0.717, 1.165) is 32.7 Å². The van der Waals surface area contributed by atoms with Crippen LogP contribution in [0.3, 0.4) is 0 Å². The van der Waals surface area contributed by atoms with Crippen molar-refractivity contribution in [3.8, 4) is 0 Å². The van der Waals surface area contributed by atoms with Gasteiger partial charge in [-0.15, -0.1) is 0 Å². The van der Waals surface area contributed by atoms with Crippen LogP contribution in [0, 0.1) is 0 Å². The zero-order valence-electron chi connectivity index (χ0n) is 14.2. The van der Waals surface area contributed by atoms with Gasteiger partial charge in [-0.05, 0) is 33.4 Å². The van der Waals surface area contributed by atoms with E-state index in [0.29, 0.717) is 0 Å². The lowest BCUT2D eigenvalue weighted by Gasteiger charge is -2.35. The van der Waals surface area contributed by atoms with Gasteiger partial charge in [0.25, 0.3) is 0 Å². The lowest BCUT2D eigenvalue weighted by atomic mass is 10.2. The van der Waals surface area contributed by atoms with Crippen LogP contribution in [0.5, 0.6) is 0 Å². The highest BCUT2D eigenvalue weighted by Crippen LogP contribution is 2.13. The molecule has 2 N–H and O–H groups in total. The Balaban J connectivity index is 0.00000116. The van der Waals surface area contributed by atoms with Gasteiger partial charge in [0.2, 0.25) is 0 Å². The van der Waals surface area contributed by atoms with Crippen molar-refractivity contribution >= 4 is 6.09 Å². The van der Waals surface area contributed by atoms with Crippen LogP contribution < -0.4 is 5.73 Å². The maximum Gasteiger partial charge on any atom is 0.410 e. The SMILES string of the molecule is CC(C)(C)OC(=O)N1CCN(Cc2ccccc2)CC1.CN. The second kappa shape index (κ2) is 8.76. The first-order valence-corrected chi connectivity index (χ1v) is 7.76. The fraction of sp³-hybridized carbons (Fsp3) is 0.588. The Kier molecular flexibility index (Phi) is 7.35. The number of nitrogens with zero attached hydrogens (tertiary/aromatic N) is 2. The first kappa shape index (κ1) is 18.5. The number of amides is 1. The Labute approximate surface area is 134 Å². The van der Waals surface area contributed by atoms with Crippen molar-refractivity contribution in [2.24, 2.45) is 5.73 Å². The van der Waals surface area contributed by atoms with Gasteiger partial charge in [0.15, 0.2) is 0 Å². The fourth-order valence-electron chi connectivity index (χ4n) is 2.26. The highest BCUT2D eigenvalue weighted by atomic mass is 16.6. The summed E-state index contributed by atoms with van der Waals surface area (Å²) in [6.07, 6.45) is -0.197. The van der Waals surface area contributed by atoms with Crippen molar-refractivity contribution in [3.63, 3.8) is 0 Å². The number of ether oxygens (including phenoxy) is 1. The minimum atomic E-state index is -0.418. The maximum atomic E-state index is 12.0. The van der Waals surface area contributed by atoms with E-state index in [1.165, 1.54) is 12.6 Å². The van der Waals surface area contributed by atoms with E-state index < -0.39 is 5.60 Å². The molecule has 1 heterocycles. The summed E-state index contributed by atoms with van der Waals surface area (Å²) < 4.78 is 5.40. The number of hydrogen-bond donors (Lipinski definition) is 1. The largest absolute Gasteiger partial charge is 0.444 e. The van der Waals surface area contributed by atoms with Crippen LogP contribution >= 0.6 is 0 Å². The van der Waals surface area contributed by atoms with Gasteiger partial charge in [0.05, 0.1) is 0 Å². The van der Waals surface area contributed by atoms with Crippen molar-refractivity contribution in [2.45, 2.75) is 32.9 Å². The molecule has 0 saturated carbocycles. The van der Waals surface area contributed by atoms with Crippen LogP contribution in [0.4, 0.5) is 4.79 Å². The molecular weight excluding hydrogens is 278 g/mol. The summed E-state index contributed by atoms with van der Waals surface area (Å²) in [6.45, 7) is 9.92. The highest BCUT2D eigenvalue weighted by molar-refractivity contribution is 5.68. The molecule has 0 bridgehead atoms. The Hall–Kier alpha value is -1.59. The molecule has 1 aliphatic heterocycles. The summed E-state index contributed by atoms with van der Waals surface area (Å²) in [5.74, 6) is 0. The number of carbonyl (C=O) groups excluding carboxylic acids is 1. The van der Waals surface area contributed by atoms with Crippen LogP contribution in [0.1, 0.15) is 26.3 Å². The van der Waals surface area contributed by atoms with Crippen molar-refractivity contribution in [3.05, 3.63) is 35.9 Å². The Morgan fingerprint density at radius 2 is 1.64 bits per heavy atom. The molecule has 124 valence electrons. The van der Waals surface area contributed by atoms with Crippen molar-refractivity contribution in [1.82, 2.24) is 9.80 Å². The molecule has 22 heavy (non-hydrogen) atoms. The van der Waals surface area contributed by atoms with Crippen LogP contribution in [-0.2, 0) is 11.3 Å². The van der Waals surface area contributed by atoms with Crippen LogP contribution in [0.2, 0.25) is 0 Å². The van der Waals surface area contributed by atoms with E-state index in [1.807, 2.05) is 26.8 Å². The monoisotopic (exact) mass is 307 g/mol. The molecule has 5 heteroatoms. The second-order valence-corrected chi connectivity index (χ2v) is 6.23. The normalized spacial score (nSPS) is 15.8. The molecule has 1 aromatic rings. The van der Waals surface area contributed by atoms with Gasteiger partial charge >= 0.3 is 6.09 Å². The van der Waals surface area contributed by atoms with Crippen LogP contribution in [0.15, 0.2) is 30.3 Å². The van der Waals surface area contributed by atoms with E-state index in [4.69, 9.17) is 4.74 Å². The summed E-state index contributed by atoms with van der Waals surface area (Å²) in [4.78, 5) is 16.1. The predicted molar refractivity (Wildman–Crippen MR) is 89.6 cm³/mol. The standard InChI is InChI=1S/C16H24N2O2.CH5N/c1-16(2,3)20-15(19)18-11-9-17(10-12-18)13-14-7-5-4-6-8-14;1-2/h4-8H,9-13H2,1-3H3;2H2,1H3. The van der Waals surface area contributed by atoms with E-state index in [1.54, 1.807) is 4.90 Å². The minimum Gasteiger partial charge on any atom is -0.444 e.